The molecule has 0 fully saturated rings. The fourth-order valence-electron chi connectivity index (χ4n) is 1.37. The minimum atomic E-state index is -0.868. The standard InChI is InChI=1S/C12H18N2O4/c1-10(7-13)9-18-12(17)5-4-6-14(2,3)8-11(15)16/h1,4-6,8-9H2,2-3H3/p+1. The Kier molecular flexibility index (Phi) is 6.68. The van der Waals surface area contributed by atoms with Crippen LogP contribution in [0.2, 0.25) is 0 Å². The van der Waals surface area contributed by atoms with Crippen LogP contribution in [0.15, 0.2) is 12.2 Å². The normalized spacial score (nSPS) is 10.5. The molecule has 6 nitrogen and oxygen atoms in total. The van der Waals surface area contributed by atoms with Gasteiger partial charge in [-0.05, 0) is 0 Å². The van der Waals surface area contributed by atoms with E-state index in [1.807, 2.05) is 0 Å². The fourth-order valence-corrected chi connectivity index (χ4v) is 1.37. The summed E-state index contributed by atoms with van der Waals surface area (Å²) in [6.07, 6.45) is 0.748. The van der Waals surface area contributed by atoms with Crippen LogP contribution in [0.5, 0.6) is 0 Å². The van der Waals surface area contributed by atoms with E-state index in [0.29, 0.717) is 17.4 Å². The molecule has 0 spiro atoms. The number of aliphatic carboxylic acids is 1. The first kappa shape index (κ1) is 16.1. The van der Waals surface area contributed by atoms with Crippen LogP contribution in [0, 0.1) is 11.3 Å². The number of hydrogen-bond acceptors (Lipinski definition) is 4. The average Bonchev–Trinajstić information content (AvgIpc) is 2.23. The summed E-state index contributed by atoms with van der Waals surface area (Å²) < 4.78 is 5.12. The lowest BCUT2D eigenvalue weighted by molar-refractivity contribution is -0.883. The van der Waals surface area contributed by atoms with Crippen LogP contribution in [0.4, 0.5) is 0 Å². The lowest BCUT2D eigenvalue weighted by atomic mass is 10.2. The largest absolute Gasteiger partial charge is 0.477 e. The van der Waals surface area contributed by atoms with Crippen molar-refractivity contribution in [2.45, 2.75) is 12.8 Å². The van der Waals surface area contributed by atoms with Gasteiger partial charge in [0, 0.05) is 6.42 Å². The second kappa shape index (κ2) is 7.45. The van der Waals surface area contributed by atoms with E-state index in [-0.39, 0.29) is 25.1 Å². The van der Waals surface area contributed by atoms with Crippen molar-refractivity contribution in [1.82, 2.24) is 0 Å². The van der Waals surface area contributed by atoms with Crippen molar-refractivity contribution in [3.63, 3.8) is 0 Å². The minimum Gasteiger partial charge on any atom is -0.477 e. The number of nitriles is 1. The van der Waals surface area contributed by atoms with E-state index in [0.717, 1.165) is 0 Å². The van der Waals surface area contributed by atoms with E-state index in [1.165, 1.54) is 0 Å². The lowest BCUT2D eigenvalue weighted by Crippen LogP contribution is -2.44. The third kappa shape index (κ3) is 8.30. The molecule has 0 aromatic carbocycles. The highest BCUT2D eigenvalue weighted by Crippen LogP contribution is 2.03. The molecule has 0 rings (SSSR count). The number of esters is 1. The Balaban J connectivity index is 3.84. The van der Waals surface area contributed by atoms with Crippen molar-refractivity contribution < 1.29 is 23.9 Å². The zero-order chi connectivity index (χ0) is 14.2. The van der Waals surface area contributed by atoms with Gasteiger partial charge in [0.25, 0.3) is 0 Å². The number of ether oxygens (including phenoxy) is 1. The molecule has 0 aliphatic carbocycles. The molecular weight excluding hydrogens is 236 g/mol. The molecular formula is C12H19N2O4+. The number of carboxylic acids is 1. The molecule has 0 aliphatic heterocycles. The Morgan fingerprint density at radius 1 is 1.44 bits per heavy atom. The molecule has 6 heteroatoms. The topological polar surface area (TPSA) is 87.4 Å². The summed E-state index contributed by atoms with van der Waals surface area (Å²) >= 11 is 0. The Bertz CT molecular complexity index is 369. The predicted molar refractivity (Wildman–Crippen MR) is 64.4 cm³/mol. The van der Waals surface area contributed by atoms with E-state index < -0.39 is 11.9 Å². The van der Waals surface area contributed by atoms with Gasteiger partial charge in [-0.15, -0.1) is 0 Å². The number of hydrogen-bond donors (Lipinski definition) is 1. The quantitative estimate of drug-likeness (QED) is 0.389. The Morgan fingerprint density at radius 2 is 2.06 bits per heavy atom. The van der Waals surface area contributed by atoms with Crippen LogP contribution in [0.25, 0.3) is 0 Å². The third-order valence-electron chi connectivity index (χ3n) is 2.27. The number of rotatable bonds is 8. The molecule has 1 N–H and O–H groups in total. The highest BCUT2D eigenvalue weighted by Gasteiger charge is 2.19. The zero-order valence-electron chi connectivity index (χ0n) is 10.8. The maximum absolute atomic E-state index is 11.3. The average molecular weight is 255 g/mol. The second-order valence-electron chi connectivity index (χ2n) is 4.69. The van der Waals surface area contributed by atoms with Crippen molar-refractivity contribution in [3.05, 3.63) is 12.2 Å². The molecule has 0 aliphatic rings. The molecule has 0 heterocycles. The van der Waals surface area contributed by atoms with Gasteiger partial charge in [-0.25, -0.2) is 4.79 Å². The first-order chi connectivity index (χ1) is 8.26. The highest BCUT2D eigenvalue weighted by atomic mass is 16.5. The van der Waals surface area contributed by atoms with Crippen LogP contribution >= 0.6 is 0 Å². The van der Waals surface area contributed by atoms with Gasteiger partial charge < -0.3 is 14.3 Å². The molecule has 0 radical (unpaired) electrons. The molecule has 18 heavy (non-hydrogen) atoms. The molecule has 0 aromatic rings. The minimum absolute atomic E-state index is 0.0142. The van der Waals surface area contributed by atoms with Gasteiger partial charge in [-0.3, -0.25) is 4.79 Å². The predicted octanol–water partition coefficient (Wildman–Crippen LogP) is 0.551. The van der Waals surface area contributed by atoms with Crippen molar-refractivity contribution in [1.29, 1.82) is 5.26 Å². The van der Waals surface area contributed by atoms with Gasteiger partial charge in [0.15, 0.2) is 6.54 Å². The summed E-state index contributed by atoms with van der Waals surface area (Å²) in [5.74, 6) is -1.27. The molecule has 0 amide bonds. The summed E-state index contributed by atoms with van der Waals surface area (Å²) in [5.41, 5.74) is 0.199. The van der Waals surface area contributed by atoms with Gasteiger partial charge >= 0.3 is 11.9 Å². The number of carbonyl (C=O) groups is 2. The maximum atomic E-state index is 11.3. The molecule has 0 aromatic heterocycles. The second-order valence-corrected chi connectivity index (χ2v) is 4.69. The van der Waals surface area contributed by atoms with Gasteiger partial charge in [-0.1, -0.05) is 6.58 Å². The number of nitrogens with zero attached hydrogens (tertiary/aromatic N) is 2. The monoisotopic (exact) mass is 255 g/mol. The third-order valence-corrected chi connectivity index (χ3v) is 2.27. The Morgan fingerprint density at radius 3 is 2.56 bits per heavy atom. The molecule has 0 saturated heterocycles. The number of likely N-dealkylation sites (N-methyl/N-ethyl adjacent to an activating group) is 1. The molecule has 0 unspecified atom stereocenters. The van der Waals surface area contributed by atoms with Crippen molar-refractivity contribution in [3.8, 4) is 6.07 Å². The van der Waals surface area contributed by atoms with E-state index in [1.54, 1.807) is 20.2 Å². The van der Waals surface area contributed by atoms with Crippen molar-refractivity contribution in [2.24, 2.45) is 0 Å². The summed E-state index contributed by atoms with van der Waals surface area (Å²) in [7, 11) is 3.58. The smallest absolute Gasteiger partial charge is 0.359 e. The number of quaternary nitrogens is 1. The highest BCUT2D eigenvalue weighted by molar-refractivity contribution is 5.69. The summed E-state index contributed by atoms with van der Waals surface area (Å²) in [4.78, 5) is 21.9. The Labute approximate surface area is 107 Å². The van der Waals surface area contributed by atoms with Crippen LogP contribution in [0.1, 0.15) is 12.8 Å². The van der Waals surface area contributed by atoms with Gasteiger partial charge in [0.1, 0.15) is 6.61 Å². The van der Waals surface area contributed by atoms with Crippen LogP contribution in [-0.4, -0.2) is 55.3 Å². The summed E-state index contributed by atoms with van der Waals surface area (Å²) in [6.45, 7) is 3.89. The van der Waals surface area contributed by atoms with E-state index in [2.05, 4.69) is 6.58 Å². The van der Waals surface area contributed by atoms with Gasteiger partial charge in [0.05, 0.1) is 38.7 Å². The van der Waals surface area contributed by atoms with E-state index in [9.17, 15) is 9.59 Å². The maximum Gasteiger partial charge on any atom is 0.359 e. The first-order valence-corrected chi connectivity index (χ1v) is 5.54. The van der Waals surface area contributed by atoms with Crippen molar-refractivity contribution >= 4 is 11.9 Å². The first-order valence-electron chi connectivity index (χ1n) is 5.54. The lowest BCUT2D eigenvalue weighted by Gasteiger charge is -2.27. The Hall–Kier alpha value is -1.87. The zero-order valence-corrected chi connectivity index (χ0v) is 10.8. The van der Waals surface area contributed by atoms with Crippen LogP contribution < -0.4 is 0 Å². The molecule has 100 valence electrons. The summed E-state index contributed by atoms with van der Waals surface area (Å²) in [5, 5.41) is 17.1. The fraction of sp³-hybridized carbons (Fsp3) is 0.583. The van der Waals surface area contributed by atoms with E-state index >= 15 is 0 Å². The molecule has 0 saturated carbocycles. The van der Waals surface area contributed by atoms with Crippen molar-refractivity contribution in [2.75, 3.05) is 33.8 Å². The van der Waals surface area contributed by atoms with Gasteiger partial charge in [-0.2, -0.15) is 5.26 Å². The van der Waals surface area contributed by atoms with Crippen LogP contribution in [-0.2, 0) is 14.3 Å². The van der Waals surface area contributed by atoms with E-state index in [4.69, 9.17) is 15.1 Å². The molecule has 0 bridgehead atoms. The number of carbonyl (C=O) groups excluding carboxylic acids is 1. The van der Waals surface area contributed by atoms with Gasteiger partial charge in [0.2, 0.25) is 0 Å². The SMILES string of the molecule is C=C(C#N)COC(=O)CCC[N+](C)(C)CC(=O)O. The number of carboxylic acid groups (broad SMARTS) is 1. The van der Waals surface area contributed by atoms with Crippen LogP contribution in [0.3, 0.4) is 0 Å². The summed E-state index contributed by atoms with van der Waals surface area (Å²) in [6, 6.07) is 1.78. The molecule has 0 atom stereocenters.